The number of rotatable bonds is 6. The van der Waals surface area contributed by atoms with Gasteiger partial charge in [-0.25, -0.2) is 4.98 Å². The quantitative estimate of drug-likeness (QED) is 0.430. The van der Waals surface area contributed by atoms with Crippen molar-refractivity contribution in [2.75, 3.05) is 19.6 Å². The molecule has 3 aromatic carbocycles. The molecule has 6 rings (SSSR count). The van der Waals surface area contributed by atoms with E-state index in [-0.39, 0.29) is 11.8 Å². The van der Waals surface area contributed by atoms with Gasteiger partial charge >= 0.3 is 0 Å². The largest absolute Gasteiger partial charge is 0.319 e. The molecule has 0 bridgehead atoms. The van der Waals surface area contributed by atoms with Crippen LogP contribution in [0.5, 0.6) is 0 Å². The minimum atomic E-state index is 0.0259. The predicted molar refractivity (Wildman–Crippen MR) is 136 cm³/mol. The first kappa shape index (κ1) is 21.3. The van der Waals surface area contributed by atoms with Gasteiger partial charge in [-0.15, -0.1) is 0 Å². The summed E-state index contributed by atoms with van der Waals surface area (Å²) in [4.78, 5) is 20.7. The number of likely N-dealkylation sites (tertiary alicyclic amines) is 1. The number of nitrogens with zero attached hydrogens (tertiary/aromatic N) is 3. The van der Waals surface area contributed by atoms with Crippen LogP contribution in [0, 0.1) is 0 Å². The summed E-state index contributed by atoms with van der Waals surface area (Å²) >= 11 is 0. The third-order valence-corrected chi connectivity index (χ3v) is 7.37. The van der Waals surface area contributed by atoms with Gasteiger partial charge in [-0.2, -0.15) is 0 Å². The molecular formula is C29H30N4O. The van der Waals surface area contributed by atoms with E-state index in [1.54, 1.807) is 0 Å². The first-order valence-corrected chi connectivity index (χ1v) is 12.4. The van der Waals surface area contributed by atoms with Crippen molar-refractivity contribution in [3.8, 4) is 11.4 Å². The number of imidazole rings is 1. The van der Waals surface area contributed by atoms with Crippen LogP contribution in [0.4, 0.5) is 0 Å². The average molecular weight is 451 g/mol. The summed E-state index contributed by atoms with van der Waals surface area (Å²) < 4.78 is 2.27. The van der Waals surface area contributed by atoms with Crippen LogP contribution >= 0.6 is 0 Å². The Labute approximate surface area is 200 Å². The van der Waals surface area contributed by atoms with Crippen molar-refractivity contribution in [3.05, 3.63) is 90.0 Å². The van der Waals surface area contributed by atoms with Crippen LogP contribution in [0.25, 0.3) is 22.4 Å². The highest BCUT2D eigenvalue weighted by atomic mass is 16.1. The maximum absolute atomic E-state index is 13.4. The molecule has 172 valence electrons. The van der Waals surface area contributed by atoms with Crippen LogP contribution in [0.3, 0.4) is 0 Å². The summed E-state index contributed by atoms with van der Waals surface area (Å²) in [6.07, 6.45) is 3.23. The van der Waals surface area contributed by atoms with Gasteiger partial charge in [0.25, 0.3) is 0 Å². The number of benzene rings is 3. The molecule has 0 radical (unpaired) electrons. The van der Waals surface area contributed by atoms with Crippen molar-refractivity contribution in [2.45, 2.75) is 37.9 Å². The van der Waals surface area contributed by atoms with E-state index in [0.29, 0.717) is 12.6 Å². The minimum absolute atomic E-state index is 0.0259. The fourth-order valence-corrected chi connectivity index (χ4v) is 5.62. The molecule has 34 heavy (non-hydrogen) atoms. The topological polar surface area (TPSA) is 50.2 Å². The van der Waals surface area contributed by atoms with E-state index < -0.39 is 0 Å². The number of carbonyl (C=O) groups is 1. The molecular weight excluding hydrogens is 420 g/mol. The van der Waals surface area contributed by atoms with Gasteiger partial charge in [-0.05, 0) is 50.0 Å². The number of fused-ring (bicyclic) bond motifs is 1. The van der Waals surface area contributed by atoms with E-state index in [4.69, 9.17) is 4.98 Å². The standard InChI is InChI=1S/C29H30N4O/c34-28(27-11-6-18-32(27)24-16-17-30-19-24)22-14-12-21(13-15-22)20-33-26-10-5-4-9-25(26)31-29(33)23-7-2-1-3-8-23/h1-5,7-10,12-15,24,27,30H,6,11,16-20H2. The van der Waals surface area contributed by atoms with Crippen LogP contribution < -0.4 is 5.32 Å². The Bertz CT molecular complexity index is 1290. The highest BCUT2D eigenvalue weighted by molar-refractivity contribution is 6.00. The van der Waals surface area contributed by atoms with Gasteiger partial charge in [-0.3, -0.25) is 9.69 Å². The summed E-state index contributed by atoms with van der Waals surface area (Å²) in [6.45, 7) is 3.81. The van der Waals surface area contributed by atoms with Gasteiger partial charge in [0.2, 0.25) is 0 Å². The highest BCUT2D eigenvalue weighted by Crippen LogP contribution is 2.28. The van der Waals surface area contributed by atoms with Gasteiger partial charge in [0, 0.05) is 30.3 Å². The summed E-state index contributed by atoms with van der Waals surface area (Å²) in [5.74, 6) is 1.24. The SMILES string of the molecule is O=C(c1ccc(Cn2c(-c3ccccc3)nc3ccccc32)cc1)C1CCCN1C1CCNC1. The van der Waals surface area contributed by atoms with Crippen LogP contribution in [0.2, 0.25) is 0 Å². The second kappa shape index (κ2) is 9.16. The van der Waals surface area contributed by atoms with Crippen molar-refractivity contribution < 1.29 is 4.79 Å². The molecule has 5 nitrogen and oxygen atoms in total. The molecule has 3 heterocycles. The molecule has 2 saturated heterocycles. The summed E-state index contributed by atoms with van der Waals surface area (Å²) in [5.41, 5.74) is 5.21. The molecule has 1 N–H and O–H groups in total. The van der Waals surface area contributed by atoms with Gasteiger partial charge in [0.15, 0.2) is 5.78 Å². The highest BCUT2D eigenvalue weighted by Gasteiger charge is 2.36. The number of hydrogen-bond acceptors (Lipinski definition) is 4. The van der Waals surface area contributed by atoms with Gasteiger partial charge in [0.05, 0.1) is 17.1 Å². The van der Waals surface area contributed by atoms with Gasteiger partial charge in [-0.1, -0.05) is 66.7 Å². The zero-order chi connectivity index (χ0) is 22.9. The van der Waals surface area contributed by atoms with Gasteiger partial charge < -0.3 is 9.88 Å². The molecule has 2 aliphatic rings. The van der Waals surface area contributed by atoms with Crippen LogP contribution in [0.15, 0.2) is 78.9 Å². The molecule has 2 aliphatic heterocycles. The summed E-state index contributed by atoms with van der Waals surface area (Å²) in [6, 6.07) is 27.4. The molecule has 0 aliphatic carbocycles. The zero-order valence-corrected chi connectivity index (χ0v) is 19.4. The fraction of sp³-hybridized carbons (Fsp3) is 0.310. The number of para-hydroxylation sites is 2. The lowest BCUT2D eigenvalue weighted by Crippen LogP contribution is -2.44. The van der Waals surface area contributed by atoms with Crippen molar-refractivity contribution in [1.82, 2.24) is 19.8 Å². The Morgan fingerprint density at radius 2 is 1.74 bits per heavy atom. The molecule has 5 heteroatoms. The molecule has 4 aromatic rings. The van der Waals surface area contributed by atoms with Crippen LogP contribution in [-0.4, -0.2) is 52.0 Å². The van der Waals surface area contributed by atoms with E-state index in [2.05, 4.69) is 57.2 Å². The number of ketones is 1. The van der Waals surface area contributed by atoms with Crippen LogP contribution in [-0.2, 0) is 6.54 Å². The monoisotopic (exact) mass is 450 g/mol. The molecule has 2 unspecified atom stereocenters. The van der Waals surface area contributed by atoms with Crippen molar-refractivity contribution in [2.24, 2.45) is 0 Å². The van der Waals surface area contributed by atoms with E-state index in [1.807, 2.05) is 36.4 Å². The maximum atomic E-state index is 13.4. The fourth-order valence-electron chi connectivity index (χ4n) is 5.62. The normalized spacial score (nSPS) is 20.8. The molecule has 0 amide bonds. The lowest BCUT2D eigenvalue weighted by molar-refractivity contribution is 0.0826. The first-order chi connectivity index (χ1) is 16.8. The number of hydrogen-bond donors (Lipinski definition) is 1. The lowest BCUT2D eigenvalue weighted by atomic mass is 10.00. The van der Waals surface area contributed by atoms with Gasteiger partial charge in [0.1, 0.15) is 5.82 Å². The van der Waals surface area contributed by atoms with Crippen LogP contribution in [0.1, 0.15) is 35.2 Å². The second-order valence-electron chi connectivity index (χ2n) is 9.48. The van der Waals surface area contributed by atoms with E-state index in [0.717, 1.165) is 66.9 Å². The molecule has 1 aromatic heterocycles. The van der Waals surface area contributed by atoms with E-state index >= 15 is 0 Å². The third-order valence-electron chi connectivity index (χ3n) is 7.37. The predicted octanol–water partition coefficient (Wildman–Crippen LogP) is 4.76. The Morgan fingerprint density at radius 3 is 2.53 bits per heavy atom. The number of Topliss-reactive ketones (excluding diaryl/α,β-unsaturated/α-hetero) is 1. The third kappa shape index (κ3) is 3.95. The van der Waals surface area contributed by atoms with E-state index in [9.17, 15) is 4.79 Å². The molecule has 2 atom stereocenters. The maximum Gasteiger partial charge on any atom is 0.179 e. The Morgan fingerprint density at radius 1 is 0.941 bits per heavy atom. The molecule has 0 spiro atoms. The number of aromatic nitrogens is 2. The lowest BCUT2D eigenvalue weighted by Gasteiger charge is -2.29. The number of nitrogens with one attached hydrogen (secondary N) is 1. The first-order valence-electron chi connectivity index (χ1n) is 12.4. The van der Waals surface area contributed by atoms with Crippen molar-refractivity contribution in [1.29, 1.82) is 0 Å². The Kier molecular flexibility index (Phi) is 5.73. The minimum Gasteiger partial charge on any atom is -0.319 e. The van der Waals surface area contributed by atoms with E-state index in [1.165, 1.54) is 5.56 Å². The van der Waals surface area contributed by atoms with Crippen molar-refractivity contribution >= 4 is 16.8 Å². The Balaban J connectivity index is 1.26. The smallest absolute Gasteiger partial charge is 0.179 e. The number of carbonyl (C=O) groups excluding carboxylic acids is 1. The Hall–Kier alpha value is -3.28. The second-order valence-corrected chi connectivity index (χ2v) is 9.48. The molecule has 2 fully saturated rings. The van der Waals surface area contributed by atoms with Crippen molar-refractivity contribution in [3.63, 3.8) is 0 Å². The summed E-state index contributed by atoms with van der Waals surface area (Å²) in [7, 11) is 0. The summed E-state index contributed by atoms with van der Waals surface area (Å²) in [5, 5.41) is 3.45. The molecule has 0 saturated carbocycles. The average Bonchev–Trinajstić information content (AvgIpc) is 3.65. The zero-order valence-electron chi connectivity index (χ0n) is 19.4.